The number of ether oxygens (including phenoxy) is 1. The van der Waals surface area contributed by atoms with Crippen molar-refractivity contribution in [3.8, 4) is 0 Å². The van der Waals surface area contributed by atoms with Crippen LogP contribution in [-0.2, 0) is 32.5 Å². The van der Waals surface area contributed by atoms with E-state index in [-0.39, 0.29) is 11.9 Å². The summed E-state index contributed by atoms with van der Waals surface area (Å²) in [4.78, 5) is 14.2. The molecule has 0 aromatic heterocycles. The first-order valence-corrected chi connectivity index (χ1v) is 10.5. The minimum absolute atomic E-state index is 0.0503. The predicted octanol–water partition coefficient (Wildman–Crippen LogP) is 0.720. The topological polar surface area (TPSA) is 92.9 Å². The summed E-state index contributed by atoms with van der Waals surface area (Å²) in [6, 6.07) is 5.18. The molecule has 0 saturated carbocycles. The van der Waals surface area contributed by atoms with E-state index in [1.165, 1.54) is 0 Å². The first-order valence-electron chi connectivity index (χ1n) is 9.08. The molecule has 0 bridgehead atoms. The molecule has 1 fully saturated rings. The van der Waals surface area contributed by atoms with Crippen molar-refractivity contribution in [2.24, 2.45) is 5.73 Å². The van der Waals surface area contributed by atoms with Crippen LogP contribution in [0.2, 0.25) is 0 Å². The van der Waals surface area contributed by atoms with E-state index in [0.29, 0.717) is 50.5 Å². The molecule has 1 aromatic rings. The summed E-state index contributed by atoms with van der Waals surface area (Å²) in [5.74, 6) is 0.0503. The van der Waals surface area contributed by atoms with Crippen LogP contribution in [0.1, 0.15) is 30.4 Å². The average Bonchev–Trinajstić information content (AvgIpc) is 3.10. The number of amides is 1. The van der Waals surface area contributed by atoms with Crippen LogP contribution in [0, 0.1) is 0 Å². The maximum Gasteiger partial charge on any atom is 0.243 e. The number of sulfonamides is 1. The lowest BCUT2D eigenvalue weighted by molar-refractivity contribution is -0.131. The van der Waals surface area contributed by atoms with E-state index in [1.54, 1.807) is 28.4 Å². The van der Waals surface area contributed by atoms with Gasteiger partial charge in [-0.15, -0.1) is 0 Å². The molecule has 8 heteroatoms. The molecule has 1 saturated heterocycles. The molecule has 144 valence electrons. The minimum atomic E-state index is -3.53. The van der Waals surface area contributed by atoms with Crippen molar-refractivity contribution in [1.29, 1.82) is 0 Å². The van der Waals surface area contributed by atoms with E-state index in [4.69, 9.17) is 10.5 Å². The molecule has 0 aliphatic carbocycles. The average molecular weight is 381 g/mol. The number of nitrogens with zero attached hydrogens (tertiary/aromatic N) is 2. The molecule has 7 nitrogen and oxygen atoms in total. The Bertz CT molecular complexity index is 766. The molecular formula is C18H27N3O4S. The van der Waals surface area contributed by atoms with Crippen molar-refractivity contribution in [3.05, 3.63) is 29.3 Å². The SMILES string of the molecule is COC[C@H]1CCCN1S(=O)(=O)c1ccc2c(c1)CCN(C(=O)CCN)C2. The van der Waals surface area contributed by atoms with Gasteiger partial charge in [0.05, 0.1) is 11.5 Å². The van der Waals surface area contributed by atoms with E-state index >= 15 is 0 Å². The van der Waals surface area contributed by atoms with Gasteiger partial charge in [-0.25, -0.2) is 8.42 Å². The zero-order chi connectivity index (χ0) is 18.7. The maximum absolute atomic E-state index is 13.1. The molecule has 2 N–H and O–H groups in total. The third kappa shape index (κ3) is 3.78. The van der Waals surface area contributed by atoms with Gasteiger partial charge in [-0.1, -0.05) is 6.07 Å². The zero-order valence-electron chi connectivity index (χ0n) is 15.2. The number of carbonyl (C=O) groups excluding carboxylic acids is 1. The number of nitrogens with two attached hydrogens (primary N) is 1. The molecule has 3 rings (SSSR count). The molecule has 26 heavy (non-hydrogen) atoms. The van der Waals surface area contributed by atoms with E-state index in [2.05, 4.69) is 0 Å². The van der Waals surface area contributed by atoms with E-state index in [9.17, 15) is 13.2 Å². The fourth-order valence-electron chi connectivity index (χ4n) is 3.80. The second-order valence-corrected chi connectivity index (χ2v) is 8.79. The van der Waals surface area contributed by atoms with E-state index in [0.717, 1.165) is 24.0 Å². The number of hydrogen-bond donors (Lipinski definition) is 1. The van der Waals surface area contributed by atoms with Crippen molar-refractivity contribution >= 4 is 15.9 Å². The number of fused-ring (bicyclic) bond motifs is 1. The van der Waals surface area contributed by atoms with Gasteiger partial charge >= 0.3 is 0 Å². The van der Waals surface area contributed by atoms with Crippen LogP contribution in [0.5, 0.6) is 0 Å². The van der Waals surface area contributed by atoms with Gasteiger partial charge in [0.25, 0.3) is 0 Å². The molecule has 2 aliphatic rings. The lowest BCUT2D eigenvalue weighted by Crippen LogP contribution is -2.39. The molecule has 2 heterocycles. The first kappa shape index (κ1) is 19.3. The van der Waals surface area contributed by atoms with Crippen LogP contribution in [0.25, 0.3) is 0 Å². The van der Waals surface area contributed by atoms with E-state index in [1.807, 2.05) is 6.07 Å². The fourth-order valence-corrected chi connectivity index (χ4v) is 5.53. The highest BCUT2D eigenvalue weighted by Crippen LogP contribution is 2.29. The standard InChI is InChI=1S/C18H27N3O4S/c1-25-13-16-3-2-9-21(16)26(23,24)17-5-4-15-12-20(18(22)6-8-19)10-7-14(15)11-17/h4-5,11,16H,2-3,6-10,12-13,19H2,1H3/t16-/m1/s1. The Morgan fingerprint density at radius 2 is 2.12 bits per heavy atom. The minimum Gasteiger partial charge on any atom is -0.383 e. The highest BCUT2D eigenvalue weighted by atomic mass is 32.2. The van der Waals surface area contributed by atoms with Crippen molar-refractivity contribution in [3.63, 3.8) is 0 Å². The second-order valence-electron chi connectivity index (χ2n) is 6.90. The van der Waals surface area contributed by atoms with Gasteiger partial charge in [-0.3, -0.25) is 4.79 Å². The van der Waals surface area contributed by atoms with Gasteiger partial charge in [0, 0.05) is 45.8 Å². The third-order valence-electron chi connectivity index (χ3n) is 5.19. The summed E-state index contributed by atoms with van der Waals surface area (Å²) in [6.45, 7) is 2.42. The lowest BCUT2D eigenvalue weighted by atomic mass is 9.99. The maximum atomic E-state index is 13.1. The van der Waals surface area contributed by atoms with Crippen molar-refractivity contribution < 1.29 is 17.9 Å². The van der Waals surface area contributed by atoms with Crippen molar-refractivity contribution in [2.45, 2.75) is 43.2 Å². The van der Waals surface area contributed by atoms with Crippen LogP contribution in [0.15, 0.2) is 23.1 Å². The van der Waals surface area contributed by atoms with Crippen LogP contribution in [-0.4, -0.2) is 62.9 Å². The largest absolute Gasteiger partial charge is 0.383 e. The summed E-state index contributed by atoms with van der Waals surface area (Å²) in [5.41, 5.74) is 7.48. The molecule has 1 amide bonds. The van der Waals surface area contributed by atoms with Gasteiger partial charge in [-0.2, -0.15) is 4.31 Å². The number of methoxy groups -OCH3 is 1. The van der Waals surface area contributed by atoms with Gasteiger partial charge in [-0.05, 0) is 42.5 Å². The Morgan fingerprint density at radius 3 is 2.85 bits per heavy atom. The number of hydrogen-bond acceptors (Lipinski definition) is 5. The van der Waals surface area contributed by atoms with Crippen LogP contribution in [0.4, 0.5) is 0 Å². The van der Waals surface area contributed by atoms with Crippen molar-refractivity contribution in [2.75, 3.05) is 33.4 Å². The Morgan fingerprint density at radius 1 is 1.31 bits per heavy atom. The molecule has 0 unspecified atom stereocenters. The van der Waals surface area contributed by atoms with Crippen LogP contribution >= 0.6 is 0 Å². The Kier molecular flexibility index (Phi) is 5.96. The van der Waals surface area contributed by atoms with Gasteiger partial charge in [0.2, 0.25) is 15.9 Å². The number of rotatable bonds is 6. The zero-order valence-corrected chi connectivity index (χ0v) is 16.0. The van der Waals surface area contributed by atoms with Crippen LogP contribution < -0.4 is 5.73 Å². The first-order chi connectivity index (χ1) is 12.5. The molecular weight excluding hydrogens is 354 g/mol. The number of benzene rings is 1. The van der Waals surface area contributed by atoms with Crippen molar-refractivity contribution in [1.82, 2.24) is 9.21 Å². The molecule has 0 spiro atoms. The summed E-state index contributed by atoms with van der Waals surface area (Å²) in [7, 11) is -1.93. The van der Waals surface area contributed by atoms with E-state index < -0.39 is 10.0 Å². The fraction of sp³-hybridized carbons (Fsp3) is 0.611. The summed E-state index contributed by atoms with van der Waals surface area (Å²) in [5, 5.41) is 0. The van der Waals surface area contributed by atoms with Gasteiger partial charge in [0.1, 0.15) is 0 Å². The third-order valence-corrected chi connectivity index (χ3v) is 7.14. The highest BCUT2D eigenvalue weighted by Gasteiger charge is 2.35. The van der Waals surface area contributed by atoms with Crippen LogP contribution in [0.3, 0.4) is 0 Å². The smallest absolute Gasteiger partial charge is 0.243 e. The Labute approximate surface area is 155 Å². The quantitative estimate of drug-likeness (QED) is 0.784. The molecule has 0 radical (unpaired) electrons. The normalized spacial score (nSPS) is 21.0. The molecule has 1 aromatic carbocycles. The summed E-state index contributed by atoms with van der Waals surface area (Å²) >= 11 is 0. The molecule has 1 atom stereocenters. The summed E-state index contributed by atoms with van der Waals surface area (Å²) < 4.78 is 32.9. The summed E-state index contributed by atoms with van der Waals surface area (Å²) in [6.07, 6.45) is 2.70. The Hall–Kier alpha value is -1.48. The molecule has 2 aliphatic heterocycles. The number of carbonyl (C=O) groups is 1. The predicted molar refractivity (Wildman–Crippen MR) is 98.0 cm³/mol. The lowest BCUT2D eigenvalue weighted by Gasteiger charge is -2.30. The van der Waals surface area contributed by atoms with Gasteiger partial charge < -0.3 is 15.4 Å². The Balaban J connectivity index is 1.80. The monoisotopic (exact) mass is 381 g/mol. The highest BCUT2D eigenvalue weighted by molar-refractivity contribution is 7.89. The second kappa shape index (κ2) is 8.04. The van der Waals surface area contributed by atoms with Gasteiger partial charge in [0.15, 0.2) is 0 Å².